The van der Waals surface area contributed by atoms with Gasteiger partial charge in [0.25, 0.3) is 5.91 Å². The molecule has 1 aliphatic rings. The minimum Gasteiger partial charge on any atom is -0.377 e. The van der Waals surface area contributed by atoms with Crippen molar-refractivity contribution in [3.05, 3.63) is 17.5 Å². The van der Waals surface area contributed by atoms with Crippen LogP contribution in [0.25, 0.3) is 0 Å². The van der Waals surface area contributed by atoms with Gasteiger partial charge >= 0.3 is 0 Å². The molecule has 0 spiro atoms. The van der Waals surface area contributed by atoms with Crippen LogP contribution in [0, 0.1) is 6.92 Å². The fourth-order valence-electron chi connectivity index (χ4n) is 1.55. The number of rotatable bonds is 3. The van der Waals surface area contributed by atoms with E-state index < -0.39 is 0 Å². The van der Waals surface area contributed by atoms with Crippen LogP contribution in [0.5, 0.6) is 0 Å². The average molecular weight is 209 g/mol. The van der Waals surface area contributed by atoms with Gasteiger partial charge in [0.05, 0.1) is 24.9 Å². The van der Waals surface area contributed by atoms with Crippen LogP contribution in [-0.4, -0.2) is 34.9 Å². The predicted octanol–water partition coefficient (Wildman–Crippen LogP) is 0.340. The lowest BCUT2D eigenvalue weighted by atomic mass is 10.2. The van der Waals surface area contributed by atoms with Gasteiger partial charge < -0.3 is 10.1 Å². The molecule has 15 heavy (non-hydrogen) atoms. The summed E-state index contributed by atoms with van der Waals surface area (Å²) in [6.07, 6.45) is 0. The number of amides is 1. The lowest BCUT2D eigenvalue weighted by Crippen LogP contribution is -2.48. The van der Waals surface area contributed by atoms with E-state index in [0.717, 1.165) is 5.69 Å². The molecule has 0 radical (unpaired) electrons. The summed E-state index contributed by atoms with van der Waals surface area (Å²) in [5, 5.41) is 7.12. The molecule has 0 bridgehead atoms. The molecule has 0 atom stereocenters. The Kier molecular flexibility index (Phi) is 2.73. The van der Waals surface area contributed by atoms with Crippen molar-refractivity contribution in [2.75, 3.05) is 13.2 Å². The number of ether oxygens (including phenoxy) is 1. The number of aryl methyl sites for hydroxylation is 2. The topological polar surface area (TPSA) is 56.2 Å². The highest BCUT2D eigenvalue weighted by atomic mass is 16.5. The molecule has 82 valence electrons. The summed E-state index contributed by atoms with van der Waals surface area (Å²) in [6, 6.07) is 1.97. The van der Waals surface area contributed by atoms with E-state index in [1.165, 1.54) is 0 Å². The first-order chi connectivity index (χ1) is 7.20. The van der Waals surface area contributed by atoms with Gasteiger partial charge in [-0.1, -0.05) is 0 Å². The van der Waals surface area contributed by atoms with Crippen LogP contribution < -0.4 is 5.32 Å². The Bertz CT molecular complexity index is 369. The molecule has 1 fully saturated rings. The van der Waals surface area contributed by atoms with E-state index in [2.05, 4.69) is 10.4 Å². The van der Waals surface area contributed by atoms with Crippen molar-refractivity contribution < 1.29 is 9.53 Å². The second kappa shape index (κ2) is 4.02. The first kappa shape index (κ1) is 10.2. The molecule has 5 nitrogen and oxygen atoms in total. The van der Waals surface area contributed by atoms with Gasteiger partial charge in [0.15, 0.2) is 0 Å². The van der Waals surface area contributed by atoms with Crippen molar-refractivity contribution in [1.82, 2.24) is 15.1 Å². The average Bonchev–Trinajstić information content (AvgIpc) is 2.53. The fraction of sp³-hybridized carbons (Fsp3) is 0.600. The van der Waals surface area contributed by atoms with Crippen molar-refractivity contribution in [2.24, 2.45) is 0 Å². The molecule has 1 N–H and O–H groups in total. The molecule has 0 saturated carbocycles. The maximum Gasteiger partial charge on any atom is 0.269 e. The van der Waals surface area contributed by atoms with Crippen LogP contribution in [0.3, 0.4) is 0 Å². The third-order valence-electron chi connectivity index (χ3n) is 2.41. The highest BCUT2D eigenvalue weighted by Crippen LogP contribution is 2.06. The molecule has 2 heterocycles. The van der Waals surface area contributed by atoms with Crippen molar-refractivity contribution in [3.8, 4) is 0 Å². The van der Waals surface area contributed by atoms with E-state index in [1.54, 1.807) is 10.7 Å². The Balaban J connectivity index is 2.09. The van der Waals surface area contributed by atoms with Gasteiger partial charge in [-0.25, -0.2) is 0 Å². The van der Waals surface area contributed by atoms with Crippen molar-refractivity contribution in [1.29, 1.82) is 0 Å². The zero-order valence-electron chi connectivity index (χ0n) is 8.99. The van der Waals surface area contributed by atoms with E-state index in [-0.39, 0.29) is 11.9 Å². The number of hydrogen-bond acceptors (Lipinski definition) is 3. The number of aromatic nitrogens is 2. The van der Waals surface area contributed by atoms with Gasteiger partial charge in [-0.05, 0) is 19.9 Å². The third kappa shape index (κ3) is 2.02. The number of hydrogen-bond donors (Lipinski definition) is 1. The van der Waals surface area contributed by atoms with Crippen LogP contribution >= 0.6 is 0 Å². The van der Waals surface area contributed by atoms with E-state index in [0.29, 0.717) is 25.5 Å². The van der Waals surface area contributed by atoms with Gasteiger partial charge in [0.1, 0.15) is 5.69 Å². The number of nitrogens with one attached hydrogen (secondary N) is 1. The van der Waals surface area contributed by atoms with Crippen LogP contribution in [0.2, 0.25) is 0 Å². The highest BCUT2D eigenvalue weighted by molar-refractivity contribution is 5.92. The number of carbonyl (C=O) groups excluding carboxylic acids is 1. The van der Waals surface area contributed by atoms with Crippen LogP contribution in [0.1, 0.15) is 23.1 Å². The fourth-order valence-corrected chi connectivity index (χ4v) is 1.55. The second-order valence-electron chi connectivity index (χ2n) is 3.69. The SMILES string of the molecule is CCn1nc(C)cc1C(=O)NC1COC1. The van der Waals surface area contributed by atoms with E-state index in [4.69, 9.17) is 4.74 Å². The second-order valence-corrected chi connectivity index (χ2v) is 3.69. The largest absolute Gasteiger partial charge is 0.377 e. The first-order valence-electron chi connectivity index (χ1n) is 5.13. The van der Waals surface area contributed by atoms with Crippen molar-refractivity contribution in [2.45, 2.75) is 26.4 Å². The molecule has 0 unspecified atom stereocenters. The molecule has 1 saturated heterocycles. The molecule has 0 aliphatic carbocycles. The van der Waals surface area contributed by atoms with E-state index in [9.17, 15) is 4.79 Å². The highest BCUT2D eigenvalue weighted by Gasteiger charge is 2.22. The normalized spacial score (nSPS) is 16.1. The van der Waals surface area contributed by atoms with Crippen LogP contribution in [0.4, 0.5) is 0 Å². The Morgan fingerprint density at radius 3 is 3.00 bits per heavy atom. The summed E-state index contributed by atoms with van der Waals surface area (Å²) in [7, 11) is 0. The standard InChI is InChI=1S/C10H15N3O2/c1-3-13-9(4-7(2)12-13)10(14)11-8-5-15-6-8/h4,8H,3,5-6H2,1-2H3,(H,11,14). The summed E-state index contributed by atoms with van der Waals surface area (Å²) in [4.78, 5) is 11.8. The summed E-state index contributed by atoms with van der Waals surface area (Å²) in [5.41, 5.74) is 1.49. The quantitative estimate of drug-likeness (QED) is 0.781. The monoisotopic (exact) mass is 209 g/mol. The summed E-state index contributed by atoms with van der Waals surface area (Å²) in [5.74, 6) is -0.0641. The third-order valence-corrected chi connectivity index (χ3v) is 2.41. The van der Waals surface area contributed by atoms with Gasteiger partial charge in [-0.15, -0.1) is 0 Å². The zero-order valence-corrected chi connectivity index (χ0v) is 8.99. The van der Waals surface area contributed by atoms with Gasteiger partial charge in [0.2, 0.25) is 0 Å². The predicted molar refractivity (Wildman–Crippen MR) is 54.7 cm³/mol. The summed E-state index contributed by atoms with van der Waals surface area (Å²) >= 11 is 0. The Morgan fingerprint density at radius 1 is 1.73 bits per heavy atom. The summed E-state index contributed by atoms with van der Waals surface area (Å²) in [6.45, 7) is 5.79. The maximum absolute atomic E-state index is 11.8. The number of nitrogens with zero attached hydrogens (tertiary/aromatic N) is 2. The number of carbonyl (C=O) groups is 1. The molecule has 1 amide bonds. The minimum atomic E-state index is -0.0641. The molecule has 5 heteroatoms. The lowest BCUT2D eigenvalue weighted by Gasteiger charge is -2.26. The first-order valence-corrected chi connectivity index (χ1v) is 5.13. The van der Waals surface area contributed by atoms with E-state index in [1.807, 2.05) is 13.8 Å². The lowest BCUT2D eigenvalue weighted by molar-refractivity contribution is -0.00363. The zero-order chi connectivity index (χ0) is 10.8. The molecular weight excluding hydrogens is 194 g/mol. The minimum absolute atomic E-state index is 0.0641. The maximum atomic E-state index is 11.8. The Morgan fingerprint density at radius 2 is 2.47 bits per heavy atom. The van der Waals surface area contributed by atoms with Crippen LogP contribution in [-0.2, 0) is 11.3 Å². The van der Waals surface area contributed by atoms with E-state index >= 15 is 0 Å². The van der Waals surface area contributed by atoms with Gasteiger partial charge in [-0.2, -0.15) is 5.10 Å². The smallest absolute Gasteiger partial charge is 0.269 e. The van der Waals surface area contributed by atoms with Crippen molar-refractivity contribution in [3.63, 3.8) is 0 Å². The molecular formula is C10H15N3O2. The molecule has 0 aromatic carbocycles. The summed E-state index contributed by atoms with van der Waals surface area (Å²) < 4.78 is 6.71. The van der Waals surface area contributed by atoms with Crippen LogP contribution in [0.15, 0.2) is 6.07 Å². The molecule has 1 aromatic rings. The van der Waals surface area contributed by atoms with Crippen molar-refractivity contribution >= 4 is 5.91 Å². The molecule has 1 aromatic heterocycles. The Hall–Kier alpha value is -1.36. The van der Waals surface area contributed by atoms with Gasteiger partial charge in [-0.3, -0.25) is 9.48 Å². The molecule has 2 rings (SSSR count). The Labute approximate surface area is 88.4 Å². The van der Waals surface area contributed by atoms with Gasteiger partial charge in [0, 0.05) is 6.54 Å². The molecule has 1 aliphatic heterocycles.